The van der Waals surface area contributed by atoms with E-state index in [0.29, 0.717) is 43.3 Å². The Bertz CT molecular complexity index is 1720. The Morgan fingerprint density at radius 1 is 0.919 bits per heavy atom. The lowest BCUT2D eigenvalue weighted by molar-refractivity contribution is -0.310. The maximum absolute atomic E-state index is 14.4. The Kier molecular flexibility index (Phi) is 15.1. The third-order valence-corrected chi connectivity index (χ3v) is 14.9. The molecule has 1 aliphatic carbocycles. The van der Waals surface area contributed by atoms with Crippen LogP contribution in [0.1, 0.15) is 107 Å². The van der Waals surface area contributed by atoms with E-state index >= 15 is 0 Å². The van der Waals surface area contributed by atoms with Gasteiger partial charge in [0, 0.05) is 44.6 Å². The Morgan fingerprint density at radius 3 is 2.39 bits per heavy atom. The summed E-state index contributed by atoms with van der Waals surface area (Å²) >= 11 is 0. The van der Waals surface area contributed by atoms with Gasteiger partial charge in [0.25, 0.3) is 0 Å². The van der Waals surface area contributed by atoms with Crippen LogP contribution in [0.4, 0.5) is 0 Å². The maximum Gasteiger partial charge on any atom is 0.316 e. The molecule has 0 aromatic rings. The number of aliphatic hydroxyl groups is 3. The number of esters is 1. The van der Waals surface area contributed by atoms with E-state index in [4.69, 9.17) is 42.6 Å². The zero-order valence-electron chi connectivity index (χ0n) is 38.5. The van der Waals surface area contributed by atoms with E-state index in [-0.39, 0.29) is 60.8 Å². The smallest absolute Gasteiger partial charge is 0.316 e. The third kappa shape index (κ3) is 9.65. The molecule has 13 heteroatoms. The second-order valence-corrected chi connectivity index (χ2v) is 19.3. The molecule has 7 rings (SSSR count). The van der Waals surface area contributed by atoms with Gasteiger partial charge in [-0.05, 0) is 68.7 Å². The van der Waals surface area contributed by atoms with Gasteiger partial charge in [-0.3, -0.25) is 4.79 Å². The molecule has 20 atom stereocenters. The summed E-state index contributed by atoms with van der Waals surface area (Å²) in [6, 6.07) is 0. The van der Waals surface area contributed by atoms with Gasteiger partial charge in [-0.1, -0.05) is 83.9 Å². The number of carbonyl (C=O) groups excluding carboxylic acids is 1. The van der Waals surface area contributed by atoms with Crippen LogP contribution in [-0.2, 0) is 47.4 Å². The highest BCUT2D eigenvalue weighted by Crippen LogP contribution is 2.47. The molecule has 1 spiro atoms. The maximum atomic E-state index is 14.4. The Balaban J connectivity index is 1.18. The van der Waals surface area contributed by atoms with Gasteiger partial charge in [0.15, 0.2) is 18.4 Å². The molecule has 0 amide bonds. The Morgan fingerprint density at radius 2 is 1.66 bits per heavy atom. The molecule has 3 N–H and O–H groups in total. The summed E-state index contributed by atoms with van der Waals surface area (Å²) in [4.78, 5) is 14.4. The Labute approximate surface area is 368 Å². The second-order valence-electron chi connectivity index (χ2n) is 19.3. The first-order chi connectivity index (χ1) is 29.5. The monoisotopic (exact) mass is 871 g/mol. The first-order valence-electron chi connectivity index (χ1n) is 23.3. The van der Waals surface area contributed by atoms with Crippen molar-refractivity contribution in [2.75, 3.05) is 13.7 Å². The number of fused-ring (bicyclic) bond motifs is 2. The average Bonchev–Trinajstić information content (AvgIpc) is 3.58. The predicted octanol–water partition coefficient (Wildman–Crippen LogP) is 6.39. The molecule has 0 aromatic heterocycles. The standard InChI is InChI=1S/C49H74O13/c1-11-26(3)44-29(6)18-19-48(62-44)24-36-22-35(61-48)17-16-28(5)43(27(4)14-13-15-34-25-55-46-41(50)30(7)20-37(47(52)58-36)49(34,46)53)59-39-21-33(12-2)45(32(9)57-39)60-40-23-38(54-10)42(51)31(8)56-40/h13-16,18-20,26-27,29,31-33,35-46,50-51,53H,11-12,17,21-25H2,1-10H3/b14-13+,28-16+,34-15+/t26-,27-,29-,31-,32-,33-,35+,36-,37-,38-,39-,40-,41+,42-,43-,44+,45-,46+,48+,49+/m0/s1. The van der Waals surface area contributed by atoms with Gasteiger partial charge in [0.05, 0.1) is 49.3 Å². The van der Waals surface area contributed by atoms with Crippen molar-refractivity contribution >= 4 is 5.97 Å². The van der Waals surface area contributed by atoms with E-state index < -0.39 is 72.5 Å². The normalized spacial score (nSPS) is 49.1. The molecule has 0 aromatic carbocycles. The molecule has 4 saturated heterocycles. The van der Waals surface area contributed by atoms with Crippen LogP contribution in [-0.4, -0.2) is 126 Å². The number of hydrogen-bond acceptors (Lipinski definition) is 13. The number of allylic oxidation sites excluding steroid dienone is 2. The molecular formula is C49H74O13. The number of ether oxygens (including phenoxy) is 9. The molecule has 4 fully saturated rings. The minimum absolute atomic E-state index is 0.0456. The van der Waals surface area contributed by atoms with Gasteiger partial charge in [-0.25, -0.2) is 0 Å². The van der Waals surface area contributed by atoms with Gasteiger partial charge in [0.1, 0.15) is 35.9 Å². The summed E-state index contributed by atoms with van der Waals surface area (Å²) in [5.74, 6) is -2.35. The first-order valence-corrected chi connectivity index (χ1v) is 23.3. The third-order valence-electron chi connectivity index (χ3n) is 14.9. The highest BCUT2D eigenvalue weighted by atomic mass is 16.7. The molecule has 0 saturated carbocycles. The summed E-state index contributed by atoms with van der Waals surface area (Å²) < 4.78 is 58.1. The topological polar surface area (TPSA) is 161 Å². The highest BCUT2D eigenvalue weighted by Gasteiger charge is 2.60. The van der Waals surface area contributed by atoms with Gasteiger partial charge >= 0.3 is 5.97 Å². The summed E-state index contributed by atoms with van der Waals surface area (Å²) in [6.07, 6.45) is 11.0. The molecule has 6 aliphatic heterocycles. The summed E-state index contributed by atoms with van der Waals surface area (Å²) in [6.45, 7) is 18.5. The van der Waals surface area contributed by atoms with Crippen LogP contribution in [0.15, 0.2) is 59.3 Å². The minimum Gasteiger partial charge on any atom is -0.462 e. The number of methoxy groups -OCH3 is 1. The quantitative estimate of drug-likeness (QED) is 0.182. The van der Waals surface area contributed by atoms with E-state index in [0.717, 1.165) is 18.4 Å². The first kappa shape index (κ1) is 47.7. The highest BCUT2D eigenvalue weighted by molar-refractivity contribution is 5.78. The summed E-state index contributed by atoms with van der Waals surface area (Å²) in [5.41, 5.74) is 0.214. The lowest BCUT2D eigenvalue weighted by Crippen LogP contribution is -2.58. The van der Waals surface area contributed by atoms with Crippen LogP contribution in [0.25, 0.3) is 0 Å². The lowest BCUT2D eigenvalue weighted by Gasteiger charge is -2.48. The van der Waals surface area contributed by atoms with Crippen molar-refractivity contribution in [1.29, 1.82) is 0 Å². The van der Waals surface area contributed by atoms with E-state index in [1.165, 1.54) is 0 Å². The Hall–Kier alpha value is -2.27. The van der Waals surface area contributed by atoms with Gasteiger partial charge in [-0.2, -0.15) is 0 Å². The van der Waals surface area contributed by atoms with Crippen molar-refractivity contribution in [2.45, 2.75) is 198 Å². The number of hydrogen-bond donors (Lipinski definition) is 3. The number of aliphatic hydroxyl groups excluding tert-OH is 2. The van der Waals surface area contributed by atoms with Crippen LogP contribution in [0.3, 0.4) is 0 Å². The van der Waals surface area contributed by atoms with E-state index in [1.54, 1.807) is 26.2 Å². The number of rotatable bonds is 8. The van der Waals surface area contributed by atoms with Crippen LogP contribution >= 0.6 is 0 Å². The van der Waals surface area contributed by atoms with Crippen LogP contribution in [0, 0.1) is 29.6 Å². The zero-order chi connectivity index (χ0) is 44.7. The molecule has 0 unspecified atom stereocenters. The van der Waals surface area contributed by atoms with E-state index in [1.807, 2.05) is 32.1 Å². The van der Waals surface area contributed by atoms with Crippen molar-refractivity contribution in [2.24, 2.45) is 29.6 Å². The molecular weight excluding hydrogens is 797 g/mol. The van der Waals surface area contributed by atoms with Crippen LogP contribution in [0.2, 0.25) is 0 Å². The van der Waals surface area contributed by atoms with E-state index in [9.17, 15) is 20.1 Å². The van der Waals surface area contributed by atoms with Crippen molar-refractivity contribution in [1.82, 2.24) is 0 Å². The van der Waals surface area contributed by atoms with Crippen molar-refractivity contribution in [3.05, 3.63) is 59.3 Å². The largest absolute Gasteiger partial charge is 0.462 e. The molecule has 6 heterocycles. The molecule has 2 bridgehead atoms. The van der Waals surface area contributed by atoms with Gasteiger partial charge in [0.2, 0.25) is 0 Å². The number of carbonyl (C=O) groups is 1. The van der Waals surface area contributed by atoms with Gasteiger partial charge < -0.3 is 58.0 Å². The molecule has 348 valence electrons. The van der Waals surface area contributed by atoms with Crippen molar-refractivity contribution in [3.8, 4) is 0 Å². The van der Waals surface area contributed by atoms with E-state index in [2.05, 4.69) is 53.7 Å². The minimum atomic E-state index is -1.82. The zero-order valence-corrected chi connectivity index (χ0v) is 38.5. The SMILES string of the molecule is CC[C@H]1C[C@H](O[C@@H]2/C(C)=C/C[C@@H]3C[C@@H](C[C@]4(C=C[C@H](C)[C@@H]([C@@H](C)CC)O4)O3)OC(=O)[C@@H]3C=C(C)[C@@H](O)[C@H]4OC/C(=C\C=C\[C@@H]2C)[C@]43O)O[C@@H](C)[C@@H]1O[C@H]1C[C@H](OC)[C@@H](O)[C@H](C)O1. The molecule has 7 aliphatic rings. The second kappa shape index (κ2) is 19.7. The fraction of sp³-hybridized carbons (Fsp3) is 0.776. The summed E-state index contributed by atoms with van der Waals surface area (Å²) in [7, 11) is 1.60. The van der Waals surface area contributed by atoms with Gasteiger partial charge in [-0.15, -0.1) is 0 Å². The summed E-state index contributed by atoms with van der Waals surface area (Å²) in [5, 5.41) is 34.3. The molecule has 0 radical (unpaired) electrons. The predicted molar refractivity (Wildman–Crippen MR) is 230 cm³/mol. The fourth-order valence-electron chi connectivity index (χ4n) is 10.9. The van der Waals surface area contributed by atoms with Crippen LogP contribution < -0.4 is 0 Å². The molecule has 13 nitrogen and oxygen atoms in total. The lowest BCUT2D eigenvalue weighted by atomic mass is 9.71. The fourth-order valence-corrected chi connectivity index (χ4v) is 10.9. The van der Waals surface area contributed by atoms with Crippen molar-refractivity contribution < 1.29 is 62.7 Å². The average molecular weight is 871 g/mol. The molecule has 62 heavy (non-hydrogen) atoms. The van der Waals surface area contributed by atoms with Crippen molar-refractivity contribution in [3.63, 3.8) is 0 Å². The van der Waals surface area contributed by atoms with Crippen LogP contribution in [0.5, 0.6) is 0 Å².